The second kappa shape index (κ2) is 5.54. The van der Waals surface area contributed by atoms with Gasteiger partial charge in [-0.3, -0.25) is 5.43 Å². The van der Waals surface area contributed by atoms with Gasteiger partial charge in [-0.15, -0.1) is 0 Å². The van der Waals surface area contributed by atoms with Gasteiger partial charge >= 0.3 is 0 Å². The summed E-state index contributed by atoms with van der Waals surface area (Å²) in [6.45, 7) is 0.203. The summed E-state index contributed by atoms with van der Waals surface area (Å²) < 4.78 is 15.8. The molecule has 1 heterocycles. The number of rotatable bonds is 3. The second-order valence-electron chi connectivity index (χ2n) is 3.41. The van der Waals surface area contributed by atoms with Crippen LogP contribution in [-0.4, -0.2) is 32.3 Å². The van der Waals surface area contributed by atoms with Crippen LogP contribution in [0.25, 0.3) is 0 Å². The predicted octanol–water partition coefficient (Wildman–Crippen LogP) is 0.852. The molecule has 2 rings (SSSR count). The number of hydrogen-bond donors (Lipinski definition) is 2. The summed E-state index contributed by atoms with van der Waals surface area (Å²) in [6, 6.07) is 3.62. The minimum absolute atomic E-state index is 0.203. The quantitative estimate of drug-likeness (QED) is 0.481. The smallest absolute Gasteiger partial charge is 0.231 e. The van der Waals surface area contributed by atoms with E-state index < -0.39 is 0 Å². The molecule has 0 saturated heterocycles. The highest BCUT2D eigenvalue weighted by molar-refractivity contribution is 7.80. The van der Waals surface area contributed by atoms with E-state index in [0.29, 0.717) is 22.4 Å². The van der Waals surface area contributed by atoms with Gasteiger partial charge in [0.2, 0.25) is 12.5 Å². The van der Waals surface area contributed by atoms with Gasteiger partial charge < -0.3 is 19.5 Å². The second-order valence-corrected chi connectivity index (χ2v) is 3.81. The van der Waals surface area contributed by atoms with Gasteiger partial charge in [-0.25, -0.2) is 0 Å². The van der Waals surface area contributed by atoms with Crippen LogP contribution in [0.2, 0.25) is 0 Å². The van der Waals surface area contributed by atoms with Crippen LogP contribution < -0.4 is 25.0 Å². The minimum atomic E-state index is 0.203. The zero-order chi connectivity index (χ0) is 13.0. The minimum Gasteiger partial charge on any atom is -0.493 e. The van der Waals surface area contributed by atoms with Crippen molar-refractivity contribution in [1.29, 1.82) is 0 Å². The van der Waals surface area contributed by atoms with Crippen molar-refractivity contribution >= 4 is 23.5 Å². The number of ether oxygens (including phenoxy) is 3. The van der Waals surface area contributed by atoms with Crippen molar-refractivity contribution < 1.29 is 14.2 Å². The molecule has 0 spiro atoms. The Kier molecular flexibility index (Phi) is 3.83. The highest BCUT2D eigenvalue weighted by Crippen LogP contribution is 2.41. The Morgan fingerprint density at radius 2 is 2.33 bits per heavy atom. The monoisotopic (exact) mass is 267 g/mol. The van der Waals surface area contributed by atoms with Crippen LogP contribution in [0.3, 0.4) is 0 Å². The van der Waals surface area contributed by atoms with Gasteiger partial charge in [0.1, 0.15) is 0 Å². The van der Waals surface area contributed by atoms with E-state index >= 15 is 0 Å². The van der Waals surface area contributed by atoms with Gasteiger partial charge in [-0.1, -0.05) is 0 Å². The Labute approximate surface area is 110 Å². The van der Waals surface area contributed by atoms with Gasteiger partial charge in [0.05, 0.1) is 13.3 Å². The molecule has 0 fully saturated rings. The fourth-order valence-corrected chi connectivity index (χ4v) is 1.50. The third-order valence-corrected chi connectivity index (χ3v) is 2.58. The molecular weight excluding hydrogens is 254 g/mol. The lowest BCUT2D eigenvalue weighted by atomic mass is 10.2. The normalized spacial score (nSPS) is 12.6. The number of nitrogens with zero attached hydrogens (tertiary/aromatic N) is 1. The van der Waals surface area contributed by atoms with E-state index in [1.54, 1.807) is 26.4 Å². The topological polar surface area (TPSA) is 64.1 Å². The molecular formula is C11H13N3O3S. The summed E-state index contributed by atoms with van der Waals surface area (Å²) in [5.74, 6) is 1.88. The van der Waals surface area contributed by atoms with Crippen LogP contribution >= 0.6 is 12.2 Å². The van der Waals surface area contributed by atoms with E-state index in [9.17, 15) is 0 Å². The first-order valence-corrected chi connectivity index (χ1v) is 5.64. The van der Waals surface area contributed by atoms with Crippen molar-refractivity contribution in [3.8, 4) is 17.2 Å². The van der Waals surface area contributed by atoms with E-state index in [2.05, 4.69) is 15.8 Å². The van der Waals surface area contributed by atoms with Crippen molar-refractivity contribution in [3.63, 3.8) is 0 Å². The number of hydrogen-bond acceptors (Lipinski definition) is 5. The fraction of sp³-hybridized carbons (Fsp3) is 0.273. The summed E-state index contributed by atoms with van der Waals surface area (Å²) in [7, 11) is 3.29. The largest absolute Gasteiger partial charge is 0.493 e. The third kappa shape index (κ3) is 2.62. The molecule has 0 atom stereocenters. The third-order valence-electron chi connectivity index (χ3n) is 2.29. The van der Waals surface area contributed by atoms with Gasteiger partial charge in [-0.05, 0) is 24.4 Å². The first-order chi connectivity index (χ1) is 8.74. The number of nitrogens with one attached hydrogen (secondary N) is 2. The van der Waals surface area contributed by atoms with Crippen molar-refractivity contribution in [2.24, 2.45) is 5.10 Å². The molecule has 1 aromatic carbocycles. The van der Waals surface area contributed by atoms with E-state index in [1.807, 2.05) is 6.07 Å². The van der Waals surface area contributed by atoms with Crippen LogP contribution in [0.4, 0.5) is 0 Å². The molecule has 0 unspecified atom stereocenters. The van der Waals surface area contributed by atoms with E-state index in [-0.39, 0.29) is 6.79 Å². The van der Waals surface area contributed by atoms with Crippen LogP contribution in [0.15, 0.2) is 17.2 Å². The lowest BCUT2D eigenvalue weighted by Crippen LogP contribution is -2.28. The standard InChI is InChI=1S/C11H13N3O3S/c1-12-11(18)14-13-5-7-3-8(15-2)10-9(4-7)16-6-17-10/h3-5H,6H2,1-2H3,(H2,12,14,18)/b13-5+. The maximum atomic E-state index is 5.31. The van der Waals surface area contributed by atoms with Crippen LogP contribution in [0.1, 0.15) is 5.56 Å². The maximum Gasteiger partial charge on any atom is 0.231 e. The number of methoxy groups -OCH3 is 1. The number of hydrazone groups is 1. The Bertz CT molecular complexity index is 491. The first-order valence-electron chi connectivity index (χ1n) is 5.23. The first kappa shape index (κ1) is 12.4. The highest BCUT2D eigenvalue weighted by atomic mass is 32.1. The summed E-state index contributed by atoms with van der Waals surface area (Å²) in [6.07, 6.45) is 1.62. The lowest BCUT2D eigenvalue weighted by molar-refractivity contribution is 0.171. The van der Waals surface area contributed by atoms with Crippen molar-refractivity contribution in [1.82, 2.24) is 10.7 Å². The Morgan fingerprint density at radius 3 is 3.06 bits per heavy atom. The molecule has 0 amide bonds. The number of thiocarbonyl (C=S) groups is 1. The zero-order valence-electron chi connectivity index (χ0n) is 10.0. The van der Waals surface area contributed by atoms with Crippen molar-refractivity contribution in [2.45, 2.75) is 0 Å². The van der Waals surface area contributed by atoms with E-state index in [1.165, 1.54) is 0 Å². The van der Waals surface area contributed by atoms with Crippen LogP contribution in [0, 0.1) is 0 Å². The van der Waals surface area contributed by atoms with E-state index in [4.69, 9.17) is 26.4 Å². The average molecular weight is 267 g/mol. The van der Waals surface area contributed by atoms with Crippen molar-refractivity contribution in [3.05, 3.63) is 17.7 Å². The van der Waals surface area contributed by atoms with Gasteiger partial charge in [-0.2, -0.15) is 5.10 Å². The Morgan fingerprint density at radius 1 is 1.50 bits per heavy atom. The number of fused-ring (bicyclic) bond motifs is 1. The molecule has 1 aliphatic heterocycles. The molecule has 0 radical (unpaired) electrons. The van der Waals surface area contributed by atoms with E-state index in [0.717, 1.165) is 5.56 Å². The fourth-order valence-electron chi connectivity index (χ4n) is 1.45. The highest BCUT2D eigenvalue weighted by Gasteiger charge is 2.19. The molecule has 0 bridgehead atoms. The summed E-state index contributed by atoms with van der Waals surface area (Å²) >= 11 is 4.89. The summed E-state index contributed by atoms with van der Waals surface area (Å²) in [5.41, 5.74) is 3.48. The van der Waals surface area contributed by atoms with Crippen LogP contribution in [-0.2, 0) is 0 Å². The summed E-state index contributed by atoms with van der Waals surface area (Å²) in [4.78, 5) is 0. The number of benzene rings is 1. The average Bonchev–Trinajstić information content (AvgIpc) is 2.85. The zero-order valence-corrected chi connectivity index (χ0v) is 10.8. The van der Waals surface area contributed by atoms with Gasteiger partial charge in [0.15, 0.2) is 16.6 Å². The van der Waals surface area contributed by atoms with Gasteiger partial charge in [0, 0.05) is 12.6 Å². The molecule has 0 saturated carbocycles. The molecule has 1 aliphatic rings. The predicted molar refractivity (Wildman–Crippen MR) is 71.5 cm³/mol. The lowest BCUT2D eigenvalue weighted by Gasteiger charge is -2.05. The SMILES string of the molecule is CNC(=S)N/N=C/c1cc(OC)c2c(c1)OCO2. The van der Waals surface area contributed by atoms with Crippen molar-refractivity contribution in [2.75, 3.05) is 21.0 Å². The molecule has 0 aliphatic carbocycles. The Hall–Kier alpha value is -2.02. The van der Waals surface area contributed by atoms with Crippen LogP contribution in [0.5, 0.6) is 17.2 Å². The molecule has 0 aromatic heterocycles. The Balaban J connectivity index is 2.17. The maximum absolute atomic E-state index is 5.31. The molecule has 1 aromatic rings. The summed E-state index contributed by atoms with van der Waals surface area (Å²) in [5, 5.41) is 7.18. The molecule has 6 nitrogen and oxygen atoms in total. The molecule has 96 valence electrons. The van der Waals surface area contributed by atoms with Gasteiger partial charge in [0.25, 0.3) is 0 Å². The molecule has 18 heavy (non-hydrogen) atoms. The molecule has 7 heteroatoms. The molecule has 2 N–H and O–H groups in total.